The van der Waals surface area contributed by atoms with Crippen LogP contribution in [0.25, 0.3) is 0 Å². The molecule has 0 amide bonds. The number of ether oxygens (including phenoxy) is 3. The molecule has 0 aliphatic rings. The van der Waals surface area contributed by atoms with Gasteiger partial charge in [-0.25, -0.2) is 0 Å². The first kappa shape index (κ1) is 17.3. The van der Waals surface area contributed by atoms with Crippen molar-refractivity contribution in [2.45, 2.75) is 6.42 Å². The average Bonchev–Trinajstić information content (AvgIpc) is 2.60. The highest BCUT2D eigenvalue weighted by atomic mass is 16.6. The normalized spacial score (nSPS) is 10.0. The van der Waals surface area contributed by atoms with Crippen LogP contribution in [0.15, 0.2) is 55.1 Å². The molecular formula is C18H19NO5. The number of rotatable bonds is 9. The van der Waals surface area contributed by atoms with Crippen molar-refractivity contribution in [3.05, 3.63) is 70.8 Å². The molecule has 0 radical (unpaired) electrons. The van der Waals surface area contributed by atoms with Crippen LogP contribution in [0, 0.1) is 10.1 Å². The fourth-order valence-corrected chi connectivity index (χ4v) is 2.10. The molecule has 0 atom stereocenters. The van der Waals surface area contributed by atoms with Crippen LogP contribution in [0.5, 0.6) is 17.2 Å². The number of nitro groups is 1. The van der Waals surface area contributed by atoms with Gasteiger partial charge in [-0.3, -0.25) is 10.1 Å². The quantitative estimate of drug-likeness (QED) is 0.303. The lowest BCUT2D eigenvalue weighted by Gasteiger charge is -2.12. The maximum Gasteiger partial charge on any atom is 0.269 e. The summed E-state index contributed by atoms with van der Waals surface area (Å²) in [6, 6.07) is 11.6. The molecule has 2 aromatic carbocycles. The van der Waals surface area contributed by atoms with Crippen LogP contribution in [0.1, 0.15) is 5.56 Å². The zero-order valence-electron chi connectivity index (χ0n) is 13.4. The van der Waals surface area contributed by atoms with Crippen LogP contribution in [0.3, 0.4) is 0 Å². The molecule has 24 heavy (non-hydrogen) atoms. The fraction of sp³-hybridized carbons (Fsp3) is 0.222. The van der Waals surface area contributed by atoms with Crippen molar-refractivity contribution in [2.24, 2.45) is 0 Å². The summed E-state index contributed by atoms with van der Waals surface area (Å²) in [5.74, 6) is 1.85. The molecule has 0 spiro atoms. The van der Waals surface area contributed by atoms with E-state index in [9.17, 15) is 10.1 Å². The highest BCUT2D eigenvalue weighted by molar-refractivity contribution is 5.43. The Labute approximate surface area is 140 Å². The summed E-state index contributed by atoms with van der Waals surface area (Å²) in [7, 11) is 1.59. The molecule has 126 valence electrons. The highest BCUT2D eigenvalue weighted by Gasteiger charge is 2.06. The van der Waals surface area contributed by atoms with Gasteiger partial charge < -0.3 is 14.2 Å². The van der Waals surface area contributed by atoms with Gasteiger partial charge in [0.1, 0.15) is 19.0 Å². The van der Waals surface area contributed by atoms with Gasteiger partial charge in [-0.1, -0.05) is 12.1 Å². The summed E-state index contributed by atoms with van der Waals surface area (Å²) < 4.78 is 16.5. The maximum atomic E-state index is 10.6. The molecule has 6 heteroatoms. The van der Waals surface area contributed by atoms with Crippen molar-refractivity contribution in [3.8, 4) is 17.2 Å². The second-order valence-corrected chi connectivity index (χ2v) is 4.93. The molecule has 0 aliphatic heterocycles. The van der Waals surface area contributed by atoms with E-state index < -0.39 is 4.92 Å². The molecule has 6 nitrogen and oxygen atoms in total. The molecule has 0 saturated carbocycles. The molecule has 0 fully saturated rings. The molecule has 0 N–H and O–H groups in total. The summed E-state index contributed by atoms with van der Waals surface area (Å²) in [5.41, 5.74) is 1.12. The minimum Gasteiger partial charge on any atom is -0.493 e. The topological polar surface area (TPSA) is 70.8 Å². The number of nitrogens with zero attached hydrogens (tertiary/aromatic N) is 1. The number of non-ortho nitro benzene ring substituents is 1. The Kier molecular flexibility index (Phi) is 6.19. The maximum absolute atomic E-state index is 10.6. The third-order valence-corrected chi connectivity index (χ3v) is 3.27. The molecule has 0 unspecified atom stereocenters. The molecule has 0 saturated heterocycles. The van der Waals surface area contributed by atoms with Gasteiger partial charge in [-0.2, -0.15) is 0 Å². The summed E-state index contributed by atoms with van der Waals surface area (Å²) in [4.78, 5) is 10.1. The smallest absolute Gasteiger partial charge is 0.269 e. The second kappa shape index (κ2) is 8.57. The largest absolute Gasteiger partial charge is 0.493 e. The fourth-order valence-electron chi connectivity index (χ4n) is 2.10. The number of hydrogen-bond acceptors (Lipinski definition) is 5. The first-order chi connectivity index (χ1) is 11.6. The zero-order valence-corrected chi connectivity index (χ0v) is 13.4. The van der Waals surface area contributed by atoms with Gasteiger partial charge in [-0.05, 0) is 36.2 Å². The van der Waals surface area contributed by atoms with E-state index in [1.54, 1.807) is 19.2 Å². The third-order valence-electron chi connectivity index (χ3n) is 3.27. The third kappa shape index (κ3) is 4.74. The lowest BCUT2D eigenvalue weighted by Crippen LogP contribution is -2.09. The van der Waals surface area contributed by atoms with E-state index in [0.29, 0.717) is 30.5 Å². The molecule has 2 rings (SSSR count). The first-order valence-electron chi connectivity index (χ1n) is 7.42. The standard InChI is InChI=1S/C18H19NO5/c1-3-4-14-5-10-17(18(13-14)22-2)24-12-11-23-16-8-6-15(7-9-16)19(20)21/h3,5-10,13H,1,4,11-12H2,2H3. The highest BCUT2D eigenvalue weighted by Crippen LogP contribution is 2.28. The van der Waals surface area contributed by atoms with Gasteiger partial charge in [0.25, 0.3) is 5.69 Å². The molecule has 0 aliphatic carbocycles. The molecule has 0 bridgehead atoms. The zero-order chi connectivity index (χ0) is 17.4. The van der Waals surface area contributed by atoms with E-state index in [0.717, 1.165) is 12.0 Å². The van der Waals surface area contributed by atoms with Gasteiger partial charge >= 0.3 is 0 Å². The Morgan fingerprint density at radius 3 is 2.42 bits per heavy atom. The van der Waals surface area contributed by atoms with Gasteiger partial charge in [0.15, 0.2) is 11.5 Å². The summed E-state index contributed by atoms with van der Waals surface area (Å²) >= 11 is 0. The van der Waals surface area contributed by atoms with Crippen molar-refractivity contribution < 1.29 is 19.1 Å². The van der Waals surface area contributed by atoms with E-state index in [1.165, 1.54) is 12.1 Å². The molecule has 0 heterocycles. The number of methoxy groups -OCH3 is 1. The monoisotopic (exact) mass is 329 g/mol. The number of allylic oxidation sites excluding steroid dienone is 1. The second-order valence-electron chi connectivity index (χ2n) is 4.93. The van der Waals surface area contributed by atoms with Crippen LogP contribution in [-0.4, -0.2) is 25.2 Å². The molecule has 0 aromatic heterocycles. The van der Waals surface area contributed by atoms with Crippen molar-refractivity contribution in [2.75, 3.05) is 20.3 Å². The van der Waals surface area contributed by atoms with Crippen molar-refractivity contribution in [3.63, 3.8) is 0 Å². The predicted molar refractivity (Wildman–Crippen MR) is 91.0 cm³/mol. The summed E-state index contributed by atoms with van der Waals surface area (Å²) in [6.07, 6.45) is 2.59. The number of hydrogen-bond donors (Lipinski definition) is 0. The molecular weight excluding hydrogens is 310 g/mol. The van der Waals surface area contributed by atoms with Crippen LogP contribution in [-0.2, 0) is 6.42 Å². The Balaban J connectivity index is 1.85. The minimum absolute atomic E-state index is 0.0305. The summed E-state index contributed by atoms with van der Waals surface area (Å²) in [5, 5.41) is 10.6. The van der Waals surface area contributed by atoms with E-state index in [-0.39, 0.29) is 5.69 Å². The Morgan fingerprint density at radius 1 is 1.08 bits per heavy atom. The van der Waals surface area contributed by atoms with E-state index in [4.69, 9.17) is 14.2 Å². The average molecular weight is 329 g/mol. The summed E-state index contributed by atoms with van der Waals surface area (Å²) in [6.45, 7) is 4.35. The van der Waals surface area contributed by atoms with Crippen molar-refractivity contribution >= 4 is 5.69 Å². The lowest BCUT2D eigenvalue weighted by molar-refractivity contribution is -0.384. The Morgan fingerprint density at radius 2 is 1.79 bits per heavy atom. The minimum atomic E-state index is -0.449. The first-order valence-corrected chi connectivity index (χ1v) is 7.42. The predicted octanol–water partition coefficient (Wildman–Crippen LogP) is 3.79. The van der Waals surface area contributed by atoms with Crippen LogP contribution in [0.4, 0.5) is 5.69 Å². The Hall–Kier alpha value is -3.02. The molecule has 2 aromatic rings. The number of benzene rings is 2. The van der Waals surface area contributed by atoms with Gasteiger partial charge in [0.2, 0.25) is 0 Å². The van der Waals surface area contributed by atoms with Crippen LogP contribution < -0.4 is 14.2 Å². The van der Waals surface area contributed by atoms with Crippen molar-refractivity contribution in [1.29, 1.82) is 0 Å². The van der Waals surface area contributed by atoms with E-state index in [1.807, 2.05) is 24.3 Å². The van der Waals surface area contributed by atoms with E-state index in [2.05, 4.69) is 6.58 Å². The van der Waals surface area contributed by atoms with Gasteiger partial charge in [0.05, 0.1) is 12.0 Å². The van der Waals surface area contributed by atoms with E-state index >= 15 is 0 Å². The van der Waals surface area contributed by atoms with Gasteiger partial charge in [0, 0.05) is 12.1 Å². The Bertz CT molecular complexity index is 697. The van der Waals surface area contributed by atoms with Crippen molar-refractivity contribution in [1.82, 2.24) is 0 Å². The van der Waals surface area contributed by atoms with Crippen LogP contribution in [0.2, 0.25) is 0 Å². The number of nitro benzene ring substituents is 1. The lowest BCUT2D eigenvalue weighted by atomic mass is 10.1. The SMILES string of the molecule is C=CCc1ccc(OCCOc2ccc([N+](=O)[O-])cc2)c(OC)c1. The van der Waals surface area contributed by atoms with Crippen LogP contribution >= 0.6 is 0 Å². The van der Waals surface area contributed by atoms with Gasteiger partial charge in [-0.15, -0.1) is 6.58 Å².